The molecule has 4 rings (SSSR count). The van der Waals surface area contributed by atoms with Gasteiger partial charge in [-0.2, -0.15) is 0 Å². The number of nitrogens with two attached hydrogens (primary N) is 1. The molecule has 9 heteroatoms. The SMILES string of the molecule is Cc1nc(N)c2c(-c3ccc(NC(=O)C(O)C4=CCCC(F)=C4)c(F)c3)cn(C)c2n1. The molecule has 2 aromatic heterocycles. The predicted octanol–water partition coefficient (Wildman–Crippen LogP) is 3.54. The van der Waals surface area contributed by atoms with Gasteiger partial charge in [-0.25, -0.2) is 18.7 Å². The van der Waals surface area contributed by atoms with Gasteiger partial charge in [0.2, 0.25) is 0 Å². The van der Waals surface area contributed by atoms with E-state index in [1.807, 2.05) is 0 Å². The fourth-order valence-corrected chi connectivity index (χ4v) is 3.65. The maximum absolute atomic E-state index is 14.8. The molecule has 2 heterocycles. The number of allylic oxidation sites excluding steroid dienone is 2. The number of nitrogens with zero attached hydrogens (tertiary/aromatic N) is 3. The van der Waals surface area contributed by atoms with Gasteiger partial charge in [-0.3, -0.25) is 4.79 Å². The highest BCUT2D eigenvalue weighted by Gasteiger charge is 2.22. The minimum Gasteiger partial charge on any atom is -0.383 e. The summed E-state index contributed by atoms with van der Waals surface area (Å²) >= 11 is 0. The van der Waals surface area contributed by atoms with Crippen molar-refractivity contribution in [2.45, 2.75) is 25.9 Å². The molecule has 3 aromatic rings. The summed E-state index contributed by atoms with van der Waals surface area (Å²) in [7, 11) is 1.81. The summed E-state index contributed by atoms with van der Waals surface area (Å²) in [5.74, 6) is -1.13. The summed E-state index contributed by atoms with van der Waals surface area (Å²) in [5, 5.41) is 13.1. The first-order chi connectivity index (χ1) is 14.7. The summed E-state index contributed by atoms with van der Waals surface area (Å²) in [6.45, 7) is 1.74. The summed E-state index contributed by atoms with van der Waals surface area (Å²) in [6.07, 6.45) is 3.52. The van der Waals surface area contributed by atoms with Crippen LogP contribution in [-0.2, 0) is 11.8 Å². The molecular formula is C22H21F2N5O2. The van der Waals surface area contributed by atoms with Gasteiger partial charge in [-0.1, -0.05) is 12.1 Å². The van der Waals surface area contributed by atoms with Crippen LogP contribution in [0.2, 0.25) is 0 Å². The second-order valence-corrected chi connectivity index (χ2v) is 7.43. The number of rotatable bonds is 4. The molecule has 1 unspecified atom stereocenters. The van der Waals surface area contributed by atoms with Gasteiger partial charge in [-0.05, 0) is 42.7 Å². The Balaban J connectivity index is 1.62. The number of carbonyl (C=O) groups is 1. The van der Waals surface area contributed by atoms with Gasteiger partial charge < -0.3 is 20.7 Å². The number of nitrogen functional groups attached to an aromatic ring is 1. The first-order valence-corrected chi connectivity index (χ1v) is 9.68. The number of anilines is 2. The lowest BCUT2D eigenvalue weighted by molar-refractivity contribution is -0.122. The third-order valence-electron chi connectivity index (χ3n) is 5.14. The lowest BCUT2D eigenvalue weighted by atomic mass is 10.0. The van der Waals surface area contributed by atoms with Crippen molar-refractivity contribution in [1.29, 1.82) is 0 Å². The van der Waals surface area contributed by atoms with E-state index >= 15 is 0 Å². The standard InChI is InChI=1S/C22H21F2N5O2/c1-11-26-20(25)18-15(10-29(2)21(18)27-11)12-6-7-17(16(24)9-12)28-22(31)19(30)13-4-3-5-14(23)8-13/h4,6-10,19,30H,3,5H2,1-2H3,(H,28,31)(H2,25,26,27). The normalized spacial score (nSPS) is 14.9. The van der Waals surface area contributed by atoms with Crippen LogP contribution in [0.1, 0.15) is 18.7 Å². The number of aryl methyl sites for hydroxylation is 2. The van der Waals surface area contributed by atoms with Gasteiger partial charge >= 0.3 is 0 Å². The molecule has 0 radical (unpaired) electrons. The summed E-state index contributed by atoms with van der Waals surface area (Å²) in [6, 6.07) is 4.28. The molecule has 7 nitrogen and oxygen atoms in total. The smallest absolute Gasteiger partial charge is 0.257 e. The van der Waals surface area contributed by atoms with Crippen LogP contribution in [0.15, 0.2) is 47.9 Å². The molecule has 1 aromatic carbocycles. The highest BCUT2D eigenvalue weighted by molar-refractivity contribution is 6.01. The van der Waals surface area contributed by atoms with E-state index in [-0.39, 0.29) is 17.7 Å². The van der Waals surface area contributed by atoms with Crippen molar-refractivity contribution in [1.82, 2.24) is 14.5 Å². The van der Waals surface area contributed by atoms with Crippen LogP contribution in [0.3, 0.4) is 0 Å². The second kappa shape index (κ2) is 7.92. The molecule has 1 atom stereocenters. The second-order valence-electron chi connectivity index (χ2n) is 7.43. The molecule has 1 amide bonds. The van der Waals surface area contributed by atoms with Crippen LogP contribution in [0.4, 0.5) is 20.3 Å². The monoisotopic (exact) mass is 425 g/mol. The number of nitrogens with one attached hydrogen (secondary N) is 1. The number of benzene rings is 1. The van der Waals surface area contributed by atoms with Crippen molar-refractivity contribution in [3.63, 3.8) is 0 Å². The number of carbonyl (C=O) groups excluding carboxylic acids is 1. The minimum atomic E-state index is -1.59. The molecule has 160 valence electrons. The zero-order valence-corrected chi connectivity index (χ0v) is 17.0. The number of aliphatic hydroxyl groups is 1. The molecule has 1 aliphatic rings. The number of aromatic nitrogens is 3. The van der Waals surface area contributed by atoms with Gasteiger partial charge in [0.25, 0.3) is 5.91 Å². The van der Waals surface area contributed by atoms with E-state index in [0.717, 1.165) is 6.08 Å². The van der Waals surface area contributed by atoms with Crippen LogP contribution < -0.4 is 11.1 Å². The maximum atomic E-state index is 14.8. The highest BCUT2D eigenvalue weighted by atomic mass is 19.1. The number of aliphatic hydroxyl groups excluding tert-OH is 1. The van der Waals surface area contributed by atoms with Crippen molar-refractivity contribution in [2.75, 3.05) is 11.1 Å². The summed E-state index contributed by atoms with van der Waals surface area (Å²) in [5.41, 5.74) is 7.93. The third-order valence-corrected chi connectivity index (χ3v) is 5.14. The average Bonchev–Trinajstić information content (AvgIpc) is 3.05. The molecule has 0 saturated carbocycles. The maximum Gasteiger partial charge on any atom is 0.257 e. The molecule has 0 aliphatic heterocycles. The summed E-state index contributed by atoms with van der Waals surface area (Å²) < 4.78 is 30.0. The first-order valence-electron chi connectivity index (χ1n) is 9.68. The van der Waals surface area contributed by atoms with E-state index in [4.69, 9.17) is 5.73 Å². The molecular weight excluding hydrogens is 404 g/mol. The Bertz CT molecular complexity index is 1260. The molecule has 0 bridgehead atoms. The summed E-state index contributed by atoms with van der Waals surface area (Å²) in [4.78, 5) is 20.9. The van der Waals surface area contributed by atoms with E-state index in [9.17, 15) is 18.7 Å². The minimum absolute atomic E-state index is 0.103. The van der Waals surface area contributed by atoms with Gasteiger partial charge in [0.05, 0.1) is 11.1 Å². The van der Waals surface area contributed by atoms with Crippen molar-refractivity contribution in [3.05, 3.63) is 59.6 Å². The van der Waals surface area contributed by atoms with E-state index in [0.29, 0.717) is 40.2 Å². The first kappa shape index (κ1) is 20.7. The Labute approximate surface area is 176 Å². The van der Waals surface area contributed by atoms with Crippen molar-refractivity contribution < 1.29 is 18.7 Å². The molecule has 0 fully saturated rings. The Morgan fingerprint density at radius 3 is 2.81 bits per heavy atom. The third kappa shape index (κ3) is 3.91. The van der Waals surface area contributed by atoms with E-state index < -0.39 is 23.7 Å². The molecule has 0 spiro atoms. The predicted molar refractivity (Wildman–Crippen MR) is 114 cm³/mol. The number of hydrogen-bond acceptors (Lipinski definition) is 5. The van der Waals surface area contributed by atoms with Crippen LogP contribution in [0, 0.1) is 12.7 Å². The Morgan fingerprint density at radius 2 is 2.10 bits per heavy atom. The van der Waals surface area contributed by atoms with Crippen molar-refractivity contribution >= 4 is 28.4 Å². The lowest BCUT2D eigenvalue weighted by Crippen LogP contribution is -2.29. The van der Waals surface area contributed by atoms with Gasteiger partial charge in [-0.15, -0.1) is 0 Å². The quantitative estimate of drug-likeness (QED) is 0.593. The fraction of sp³-hybridized carbons (Fsp3) is 0.227. The van der Waals surface area contributed by atoms with E-state index in [2.05, 4.69) is 15.3 Å². The van der Waals surface area contributed by atoms with Crippen LogP contribution in [0.5, 0.6) is 0 Å². The zero-order chi connectivity index (χ0) is 22.3. The largest absolute Gasteiger partial charge is 0.383 e. The Hall–Kier alpha value is -3.59. The van der Waals surface area contributed by atoms with Crippen LogP contribution in [-0.4, -0.2) is 31.7 Å². The molecule has 1 aliphatic carbocycles. The Kier molecular flexibility index (Phi) is 5.28. The molecule has 4 N–H and O–H groups in total. The van der Waals surface area contributed by atoms with Crippen LogP contribution in [0.25, 0.3) is 22.2 Å². The van der Waals surface area contributed by atoms with Gasteiger partial charge in [0, 0.05) is 25.2 Å². The van der Waals surface area contributed by atoms with E-state index in [1.54, 1.807) is 36.9 Å². The Morgan fingerprint density at radius 1 is 1.32 bits per heavy atom. The topological polar surface area (TPSA) is 106 Å². The van der Waals surface area contributed by atoms with Crippen molar-refractivity contribution in [3.8, 4) is 11.1 Å². The van der Waals surface area contributed by atoms with Gasteiger partial charge in [0.1, 0.15) is 28.9 Å². The molecule has 0 saturated heterocycles. The number of halogens is 2. The van der Waals surface area contributed by atoms with Gasteiger partial charge in [0.15, 0.2) is 6.10 Å². The van der Waals surface area contributed by atoms with E-state index in [1.165, 1.54) is 12.1 Å². The zero-order valence-electron chi connectivity index (χ0n) is 17.0. The number of hydrogen-bond donors (Lipinski definition) is 3. The number of amides is 1. The molecule has 31 heavy (non-hydrogen) atoms. The van der Waals surface area contributed by atoms with Crippen LogP contribution >= 0.6 is 0 Å². The highest BCUT2D eigenvalue weighted by Crippen LogP contribution is 2.34. The fourth-order valence-electron chi connectivity index (χ4n) is 3.65. The average molecular weight is 425 g/mol. The number of fused-ring (bicyclic) bond motifs is 1. The van der Waals surface area contributed by atoms with Crippen molar-refractivity contribution in [2.24, 2.45) is 7.05 Å². The lowest BCUT2D eigenvalue weighted by Gasteiger charge is -2.16.